The highest BCUT2D eigenvalue weighted by atomic mass is 16.5. The van der Waals surface area contributed by atoms with Gasteiger partial charge in [-0.25, -0.2) is 4.98 Å². The van der Waals surface area contributed by atoms with Gasteiger partial charge in [0.05, 0.1) is 25.1 Å². The number of aliphatic imine (C=N–C) groups is 1. The number of carbonyl (C=O) groups is 1. The molecule has 0 radical (unpaired) electrons. The van der Waals surface area contributed by atoms with E-state index in [-0.39, 0.29) is 11.2 Å². The van der Waals surface area contributed by atoms with E-state index in [0.29, 0.717) is 35.8 Å². The Morgan fingerprint density at radius 3 is 2.75 bits per heavy atom. The average Bonchev–Trinajstić information content (AvgIpc) is 2.86. The predicted octanol–water partition coefficient (Wildman–Crippen LogP) is 2.82. The lowest BCUT2D eigenvalue weighted by atomic mass is 9.86. The molecule has 0 saturated heterocycles. The largest absolute Gasteiger partial charge is 0.481 e. The highest BCUT2D eigenvalue weighted by Crippen LogP contribution is 2.24. The summed E-state index contributed by atoms with van der Waals surface area (Å²) in [7, 11) is 1.57. The predicted molar refractivity (Wildman–Crippen MR) is 79.4 cm³/mol. The zero-order chi connectivity index (χ0) is 14.8. The lowest BCUT2D eigenvalue weighted by molar-refractivity contribution is -0.116. The molecule has 0 aromatic carbocycles. The first kappa shape index (κ1) is 14.4. The summed E-state index contributed by atoms with van der Waals surface area (Å²) in [5, 5.41) is 0. The second kappa shape index (κ2) is 5.57. The van der Waals surface area contributed by atoms with E-state index in [1.807, 2.05) is 18.2 Å². The molecule has 1 aromatic heterocycles. The number of rotatable bonds is 4. The maximum Gasteiger partial charge on any atom is 0.213 e. The Kier molecular flexibility index (Phi) is 4.02. The third-order valence-corrected chi connectivity index (χ3v) is 2.97. The van der Waals surface area contributed by atoms with Crippen LogP contribution in [0.5, 0.6) is 5.88 Å². The fraction of sp³-hybridized carbons (Fsp3) is 0.438. The van der Waals surface area contributed by atoms with E-state index in [4.69, 9.17) is 4.74 Å². The van der Waals surface area contributed by atoms with Crippen LogP contribution in [0, 0.1) is 5.41 Å². The van der Waals surface area contributed by atoms with Crippen LogP contribution in [0.4, 0.5) is 0 Å². The second-order valence-electron chi connectivity index (χ2n) is 6.03. The van der Waals surface area contributed by atoms with Crippen LogP contribution in [0.15, 0.2) is 34.8 Å². The third-order valence-electron chi connectivity index (χ3n) is 2.97. The minimum Gasteiger partial charge on any atom is -0.481 e. The van der Waals surface area contributed by atoms with Gasteiger partial charge in [0.15, 0.2) is 5.78 Å². The summed E-state index contributed by atoms with van der Waals surface area (Å²) >= 11 is 0. The molecule has 2 rings (SSSR count). The molecule has 106 valence electrons. The van der Waals surface area contributed by atoms with Gasteiger partial charge in [-0.05, 0) is 11.5 Å². The molecule has 0 fully saturated rings. The first-order valence-electron chi connectivity index (χ1n) is 6.70. The van der Waals surface area contributed by atoms with E-state index in [9.17, 15) is 4.79 Å². The van der Waals surface area contributed by atoms with E-state index in [2.05, 4.69) is 30.7 Å². The number of methoxy groups -OCH3 is 1. The van der Waals surface area contributed by atoms with E-state index < -0.39 is 0 Å². The minimum absolute atomic E-state index is 0.0343. The lowest BCUT2D eigenvalue weighted by Gasteiger charge is -2.17. The fourth-order valence-electron chi connectivity index (χ4n) is 2.11. The number of aromatic nitrogens is 1. The second-order valence-corrected chi connectivity index (χ2v) is 6.03. The molecule has 0 spiro atoms. The highest BCUT2D eigenvalue weighted by molar-refractivity contribution is 6.29. The summed E-state index contributed by atoms with van der Waals surface area (Å²) in [6, 6.07) is 5.48. The van der Waals surface area contributed by atoms with Crippen LogP contribution in [0.2, 0.25) is 0 Å². The van der Waals surface area contributed by atoms with Gasteiger partial charge in [-0.15, -0.1) is 0 Å². The lowest BCUT2D eigenvalue weighted by Crippen LogP contribution is -2.19. The normalized spacial score (nSPS) is 14.8. The van der Waals surface area contributed by atoms with Gasteiger partial charge in [0, 0.05) is 18.1 Å². The van der Waals surface area contributed by atoms with Crippen LogP contribution in [0.25, 0.3) is 0 Å². The first-order valence-corrected chi connectivity index (χ1v) is 6.70. The topological polar surface area (TPSA) is 51.5 Å². The van der Waals surface area contributed by atoms with Crippen LogP contribution in [0.3, 0.4) is 0 Å². The molecule has 1 aromatic rings. The van der Waals surface area contributed by atoms with Crippen molar-refractivity contribution in [1.82, 2.24) is 4.98 Å². The highest BCUT2D eigenvalue weighted by Gasteiger charge is 2.25. The first-order chi connectivity index (χ1) is 9.40. The smallest absolute Gasteiger partial charge is 0.213 e. The van der Waals surface area contributed by atoms with Crippen molar-refractivity contribution < 1.29 is 9.53 Å². The minimum atomic E-state index is -0.0343. The average molecular weight is 272 g/mol. The summed E-state index contributed by atoms with van der Waals surface area (Å²) in [5.41, 5.74) is 2.02. The van der Waals surface area contributed by atoms with Crippen molar-refractivity contribution in [1.29, 1.82) is 0 Å². The quantitative estimate of drug-likeness (QED) is 0.847. The van der Waals surface area contributed by atoms with Crippen molar-refractivity contribution in [2.75, 3.05) is 13.7 Å². The molecule has 4 heteroatoms. The molecular formula is C16H20N2O2. The van der Waals surface area contributed by atoms with Crippen molar-refractivity contribution in [2.24, 2.45) is 10.4 Å². The molecule has 20 heavy (non-hydrogen) atoms. The molecule has 0 bridgehead atoms. The Balaban J connectivity index is 2.24. The van der Waals surface area contributed by atoms with Crippen LogP contribution < -0.4 is 4.74 Å². The molecule has 0 aliphatic carbocycles. The van der Waals surface area contributed by atoms with Crippen molar-refractivity contribution in [2.45, 2.75) is 27.2 Å². The van der Waals surface area contributed by atoms with Crippen LogP contribution in [-0.4, -0.2) is 30.1 Å². The Bertz CT molecular complexity index is 580. The van der Waals surface area contributed by atoms with Crippen LogP contribution in [-0.2, 0) is 4.79 Å². The van der Waals surface area contributed by atoms with Gasteiger partial charge >= 0.3 is 0 Å². The number of pyridine rings is 1. The van der Waals surface area contributed by atoms with Crippen LogP contribution >= 0.6 is 0 Å². The summed E-state index contributed by atoms with van der Waals surface area (Å²) in [6.07, 6.45) is 2.38. The number of allylic oxidation sites excluding steroid dienone is 1. The molecule has 1 aliphatic rings. The Morgan fingerprint density at radius 2 is 2.10 bits per heavy atom. The van der Waals surface area contributed by atoms with Gasteiger partial charge in [-0.3, -0.25) is 9.79 Å². The molecule has 0 saturated carbocycles. The monoisotopic (exact) mass is 272 g/mol. The van der Waals surface area contributed by atoms with Crippen molar-refractivity contribution in [3.63, 3.8) is 0 Å². The molecule has 2 heterocycles. The Hall–Kier alpha value is -1.97. The SMILES string of the molecule is COc1cccc(C2=NCC=C2C(=O)CC(C)(C)C)n1. The van der Waals surface area contributed by atoms with Crippen molar-refractivity contribution >= 4 is 11.5 Å². The number of nitrogens with zero attached hydrogens (tertiary/aromatic N) is 2. The number of ether oxygens (including phenoxy) is 1. The molecule has 0 atom stereocenters. The summed E-state index contributed by atoms with van der Waals surface area (Å²) in [5.74, 6) is 0.651. The maximum absolute atomic E-state index is 12.4. The summed E-state index contributed by atoms with van der Waals surface area (Å²) in [6.45, 7) is 6.71. The molecular weight excluding hydrogens is 252 g/mol. The molecule has 0 amide bonds. The number of Topliss-reactive ketones (excluding diaryl/α,β-unsaturated/α-hetero) is 1. The number of hydrogen-bond acceptors (Lipinski definition) is 4. The summed E-state index contributed by atoms with van der Waals surface area (Å²) < 4.78 is 5.12. The molecule has 0 N–H and O–H groups in total. The number of ketones is 1. The van der Waals surface area contributed by atoms with Gasteiger partial charge in [-0.1, -0.05) is 32.9 Å². The van der Waals surface area contributed by atoms with Crippen molar-refractivity contribution in [3.05, 3.63) is 35.5 Å². The molecule has 0 unspecified atom stereocenters. The molecule has 1 aliphatic heterocycles. The third kappa shape index (κ3) is 3.32. The standard InChI is InChI=1S/C16H20N2O2/c1-16(2,3)10-13(19)11-8-9-17-15(11)12-6-5-7-14(18-12)20-4/h5-8H,9-10H2,1-4H3. The van der Waals surface area contributed by atoms with E-state index in [1.165, 1.54) is 0 Å². The van der Waals surface area contributed by atoms with Gasteiger partial charge in [0.25, 0.3) is 0 Å². The number of carbonyl (C=O) groups excluding carboxylic acids is 1. The van der Waals surface area contributed by atoms with Crippen LogP contribution in [0.1, 0.15) is 32.9 Å². The molecule has 4 nitrogen and oxygen atoms in total. The van der Waals surface area contributed by atoms with Gasteiger partial charge in [0.1, 0.15) is 0 Å². The fourth-order valence-corrected chi connectivity index (χ4v) is 2.11. The van der Waals surface area contributed by atoms with Crippen molar-refractivity contribution in [3.8, 4) is 5.88 Å². The van der Waals surface area contributed by atoms with Gasteiger partial charge in [0.2, 0.25) is 5.88 Å². The maximum atomic E-state index is 12.4. The zero-order valence-electron chi connectivity index (χ0n) is 12.4. The Morgan fingerprint density at radius 1 is 1.35 bits per heavy atom. The number of hydrogen-bond donors (Lipinski definition) is 0. The zero-order valence-corrected chi connectivity index (χ0v) is 12.4. The van der Waals surface area contributed by atoms with Gasteiger partial charge in [-0.2, -0.15) is 0 Å². The summed E-state index contributed by atoms with van der Waals surface area (Å²) in [4.78, 5) is 21.1. The van der Waals surface area contributed by atoms with E-state index >= 15 is 0 Å². The van der Waals surface area contributed by atoms with E-state index in [1.54, 1.807) is 13.2 Å². The van der Waals surface area contributed by atoms with E-state index in [0.717, 1.165) is 0 Å². The van der Waals surface area contributed by atoms with Gasteiger partial charge < -0.3 is 4.74 Å². The Labute approximate surface area is 119 Å².